The molecule has 3 aromatic rings. The van der Waals surface area contributed by atoms with Crippen LogP contribution in [0.25, 0.3) is 17.1 Å². The lowest BCUT2D eigenvalue weighted by Crippen LogP contribution is -2.09. The van der Waals surface area contributed by atoms with Gasteiger partial charge in [-0.3, -0.25) is 9.36 Å². The van der Waals surface area contributed by atoms with E-state index < -0.39 is 0 Å². The van der Waals surface area contributed by atoms with Crippen LogP contribution >= 0.6 is 11.6 Å². The van der Waals surface area contributed by atoms with Crippen LogP contribution in [-0.2, 0) is 17.9 Å². The van der Waals surface area contributed by atoms with Gasteiger partial charge in [-0.05, 0) is 18.2 Å². The molecular weight excluding hydrogens is 318 g/mol. The predicted octanol–water partition coefficient (Wildman–Crippen LogP) is 2.10. The van der Waals surface area contributed by atoms with E-state index in [0.717, 1.165) is 23.2 Å². The van der Waals surface area contributed by atoms with E-state index in [1.165, 1.54) is 0 Å². The fraction of sp³-hybridized carbons (Fsp3) is 0.200. The summed E-state index contributed by atoms with van der Waals surface area (Å²) in [6.45, 7) is 0.759. The van der Waals surface area contributed by atoms with Gasteiger partial charge in [-0.25, -0.2) is 4.98 Å². The lowest BCUT2D eigenvalue weighted by molar-refractivity contribution is 0.111. The van der Waals surface area contributed by atoms with Crippen molar-refractivity contribution < 1.29 is 9.53 Å². The highest BCUT2D eigenvalue weighted by molar-refractivity contribution is 6.31. The van der Waals surface area contributed by atoms with E-state index in [1.54, 1.807) is 19.5 Å². The zero-order chi connectivity index (χ0) is 16.0. The average Bonchev–Trinajstić information content (AvgIpc) is 3.10. The number of aldehydes is 1. The molecule has 7 nitrogen and oxygen atoms in total. The topological polar surface area (TPSA) is 74.8 Å². The van der Waals surface area contributed by atoms with E-state index in [4.69, 9.17) is 16.3 Å². The number of rotatable bonds is 3. The monoisotopic (exact) mass is 329 g/mol. The van der Waals surface area contributed by atoms with Crippen molar-refractivity contribution in [2.75, 3.05) is 7.11 Å². The molecule has 0 saturated heterocycles. The van der Waals surface area contributed by atoms with E-state index in [9.17, 15) is 4.79 Å². The summed E-state index contributed by atoms with van der Waals surface area (Å²) in [5, 5.41) is 9.09. The average molecular weight is 330 g/mol. The van der Waals surface area contributed by atoms with Crippen LogP contribution in [-0.4, -0.2) is 37.7 Å². The Morgan fingerprint density at radius 1 is 1.39 bits per heavy atom. The number of nitrogens with zero attached hydrogens (tertiary/aromatic N) is 5. The number of carbonyl (C=O) groups excluding carboxylic acids is 1. The molecule has 0 N–H and O–H groups in total. The number of carbonyl (C=O) groups is 1. The molecule has 8 heteroatoms. The van der Waals surface area contributed by atoms with Crippen molar-refractivity contribution in [1.82, 2.24) is 24.3 Å². The maximum Gasteiger partial charge on any atom is 0.170 e. The summed E-state index contributed by atoms with van der Waals surface area (Å²) in [5.41, 5.74) is 2.87. The molecule has 23 heavy (non-hydrogen) atoms. The largest absolute Gasteiger partial charge is 0.377 e. The smallest absolute Gasteiger partial charge is 0.170 e. The number of hydrogen-bond acceptors (Lipinski definition) is 5. The first kappa shape index (κ1) is 14.1. The summed E-state index contributed by atoms with van der Waals surface area (Å²) >= 11 is 6.16. The van der Waals surface area contributed by atoms with Crippen LogP contribution in [0.2, 0.25) is 5.02 Å². The maximum absolute atomic E-state index is 11.3. The summed E-state index contributed by atoms with van der Waals surface area (Å²) in [7, 11) is 1.60. The SMILES string of the molecule is COCc1nnc2n1Cc1c(C=O)ncn1-c1ccc(Cl)cc1-2. The van der Waals surface area contributed by atoms with Crippen LogP contribution in [0.5, 0.6) is 0 Å². The van der Waals surface area contributed by atoms with Gasteiger partial charge in [0.25, 0.3) is 0 Å². The van der Waals surface area contributed by atoms with Crippen LogP contribution in [0.3, 0.4) is 0 Å². The fourth-order valence-corrected chi connectivity index (χ4v) is 3.01. The van der Waals surface area contributed by atoms with Gasteiger partial charge in [-0.15, -0.1) is 10.2 Å². The molecule has 1 aliphatic rings. The normalized spacial score (nSPS) is 12.3. The second-order valence-corrected chi connectivity index (χ2v) is 5.62. The zero-order valence-corrected chi connectivity index (χ0v) is 13.0. The van der Waals surface area contributed by atoms with Gasteiger partial charge >= 0.3 is 0 Å². The number of benzene rings is 1. The fourth-order valence-electron chi connectivity index (χ4n) is 2.83. The summed E-state index contributed by atoms with van der Waals surface area (Å²) in [6, 6.07) is 5.52. The van der Waals surface area contributed by atoms with Gasteiger partial charge in [0.2, 0.25) is 0 Å². The molecule has 0 aliphatic carbocycles. The third-order valence-electron chi connectivity index (χ3n) is 3.88. The molecule has 0 unspecified atom stereocenters. The Kier molecular flexibility index (Phi) is 3.24. The van der Waals surface area contributed by atoms with E-state index in [2.05, 4.69) is 15.2 Å². The lowest BCUT2D eigenvalue weighted by atomic mass is 10.1. The Bertz CT molecular complexity index is 915. The van der Waals surface area contributed by atoms with E-state index in [0.29, 0.717) is 35.5 Å². The molecule has 1 aromatic carbocycles. The first-order chi connectivity index (χ1) is 11.2. The Labute approximate surface area is 136 Å². The molecule has 1 aliphatic heterocycles. The minimum atomic E-state index is 0.327. The quantitative estimate of drug-likeness (QED) is 0.538. The number of ether oxygens (including phenoxy) is 1. The third-order valence-corrected chi connectivity index (χ3v) is 4.11. The highest BCUT2D eigenvalue weighted by atomic mass is 35.5. The predicted molar refractivity (Wildman–Crippen MR) is 82.8 cm³/mol. The van der Waals surface area contributed by atoms with Crippen molar-refractivity contribution >= 4 is 17.9 Å². The molecule has 0 amide bonds. The molecule has 116 valence electrons. The summed E-state index contributed by atoms with van der Waals surface area (Å²) < 4.78 is 9.00. The van der Waals surface area contributed by atoms with Crippen molar-refractivity contribution in [2.24, 2.45) is 0 Å². The van der Waals surface area contributed by atoms with E-state index in [1.807, 2.05) is 21.3 Å². The third kappa shape index (κ3) is 2.08. The Hall–Kier alpha value is -2.51. The number of aromatic nitrogens is 5. The Morgan fingerprint density at radius 2 is 2.26 bits per heavy atom. The molecule has 3 heterocycles. The molecule has 0 saturated carbocycles. The number of imidazole rings is 1. The Balaban J connectivity index is 2.05. The summed E-state index contributed by atoms with van der Waals surface area (Å²) in [4.78, 5) is 15.5. The first-order valence-corrected chi connectivity index (χ1v) is 7.33. The van der Waals surface area contributed by atoms with Crippen LogP contribution in [0.1, 0.15) is 22.0 Å². The van der Waals surface area contributed by atoms with Gasteiger partial charge in [0.05, 0.1) is 17.9 Å². The van der Waals surface area contributed by atoms with Crippen molar-refractivity contribution in [3.05, 3.63) is 46.8 Å². The summed E-state index contributed by atoms with van der Waals surface area (Å²) in [6.07, 6.45) is 2.40. The van der Waals surface area contributed by atoms with Gasteiger partial charge in [0.15, 0.2) is 17.9 Å². The molecule has 4 rings (SSSR count). The lowest BCUT2D eigenvalue weighted by Gasteiger charge is -2.08. The number of halogens is 1. The number of methoxy groups -OCH3 is 1. The van der Waals surface area contributed by atoms with Gasteiger partial charge < -0.3 is 9.30 Å². The van der Waals surface area contributed by atoms with Crippen molar-refractivity contribution in [3.8, 4) is 17.1 Å². The van der Waals surface area contributed by atoms with Crippen LogP contribution in [0.15, 0.2) is 24.5 Å². The highest BCUT2D eigenvalue weighted by Crippen LogP contribution is 2.33. The molecule has 2 aromatic heterocycles. The van der Waals surface area contributed by atoms with Crippen LogP contribution in [0.4, 0.5) is 0 Å². The first-order valence-electron chi connectivity index (χ1n) is 6.95. The van der Waals surface area contributed by atoms with E-state index >= 15 is 0 Å². The summed E-state index contributed by atoms with van der Waals surface area (Å²) in [5.74, 6) is 1.37. The molecular formula is C15H12ClN5O2. The van der Waals surface area contributed by atoms with Crippen molar-refractivity contribution in [1.29, 1.82) is 0 Å². The maximum atomic E-state index is 11.3. The van der Waals surface area contributed by atoms with Crippen molar-refractivity contribution in [3.63, 3.8) is 0 Å². The molecule has 0 fully saturated rings. The minimum absolute atomic E-state index is 0.327. The van der Waals surface area contributed by atoms with Crippen molar-refractivity contribution in [2.45, 2.75) is 13.2 Å². The van der Waals surface area contributed by atoms with E-state index in [-0.39, 0.29) is 0 Å². The number of hydrogen-bond donors (Lipinski definition) is 0. The van der Waals surface area contributed by atoms with Gasteiger partial charge in [-0.2, -0.15) is 0 Å². The molecule has 0 spiro atoms. The second-order valence-electron chi connectivity index (χ2n) is 5.18. The molecule has 0 radical (unpaired) electrons. The second kappa shape index (κ2) is 5.29. The van der Waals surface area contributed by atoms with Crippen LogP contribution < -0.4 is 0 Å². The van der Waals surface area contributed by atoms with Gasteiger partial charge in [0, 0.05) is 17.7 Å². The van der Waals surface area contributed by atoms with Gasteiger partial charge in [0.1, 0.15) is 18.6 Å². The molecule has 0 bridgehead atoms. The highest BCUT2D eigenvalue weighted by Gasteiger charge is 2.25. The molecule has 0 atom stereocenters. The van der Waals surface area contributed by atoms with Gasteiger partial charge in [-0.1, -0.05) is 11.6 Å². The minimum Gasteiger partial charge on any atom is -0.377 e. The standard InChI is InChI=1S/C15H12ClN5O2/c1-23-7-14-18-19-15-10-4-9(16)2-3-12(10)21-8-17-11(6-22)13(21)5-20(14)15/h2-4,6,8H,5,7H2,1H3. The zero-order valence-electron chi connectivity index (χ0n) is 12.2. The van der Waals surface area contributed by atoms with Crippen LogP contribution in [0, 0.1) is 0 Å². The Morgan fingerprint density at radius 3 is 3.04 bits per heavy atom. The number of fused-ring (bicyclic) bond motifs is 5.